The van der Waals surface area contributed by atoms with Crippen molar-refractivity contribution < 1.29 is 18.7 Å². The van der Waals surface area contributed by atoms with E-state index in [1.807, 2.05) is 0 Å². The van der Waals surface area contributed by atoms with E-state index < -0.39 is 0 Å². The van der Waals surface area contributed by atoms with Crippen LogP contribution in [0.5, 0.6) is 5.75 Å². The number of hydrogen-bond acceptors (Lipinski definition) is 3. The van der Waals surface area contributed by atoms with Crippen LogP contribution in [0, 0.1) is 5.82 Å². The van der Waals surface area contributed by atoms with Gasteiger partial charge in [-0.1, -0.05) is 12.1 Å². The highest BCUT2D eigenvalue weighted by molar-refractivity contribution is 5.97. The summed E-state index contributed by atoms with van der Waals surface area (Å²) in [5.74, 6) is 0.0877. The van der Waals surface area contributed by atoms with E-state index >= 15 is 0 Å². The van der Waals surface area contributed by atoms with Crippen molar-refractivity contribution in [1.82, 2.24) is 0 Å². The molecule has 0 aromatic heterocycles. The van der Waals surface area contributed by atoms with E-state index in [9.17, 15) is 14.0 Å². The monoisotopic (exact) mass is 356 g/mol. The Labute approximate surface area is 151 Å². The minimum Gasteiger partial charge on any atom is -0.494 e. The number of benzene rings is 2. The van der Waals surface area contributed by atoms with E-state index in [4.69, 9.17) is 4.74 Å². The standard InChI is InChI=1S/C20H21FN2O3/c1-26-18-13-16(9-10-17(18)23-11-3-2-4-20(23)25)22-19(24)12-14-5-7-15(21)8-6-14/h5-10,13H,2-4,11-12H2,1H3,(H,22,24). The second-order valence-corrected chi connectivity index (χ2v) is 6.24. The second kappa shape index (κ2) is 7.99. The van der Waals surface area contributed by atoms with Crippen molar-refractivity contribution >= 4 is 23.2 Å². The number of ether oxygens (including phenoxy) is 1. The predicted molar refractivity (Wildman–Crippen MR) is 97.9 cm³/mol. The molecule has 1 saturated heterocycles. The van der Waals surface area contributed by atoms with Gasteiger partial charge in [0.2, 0.25) is 11.8 Å². The molecule has 5 nitrogen and oxygen atoms in total. The topological polar surface area (TPSA) is 58.6 Å². The number of piperidine rings is 1. The molecular weight excluding hydrogens is 335 g/mol. The number of nitrogens with one attached hydrogen (secondary N) is 1. The van der Waals surface area contributed by atoms with Gasteiger partial charge in [0.05, 0.1) is 19.2 Å². The van der Waals surface area contributed by atoms with Gasteiger partial charge in [-0.05, 0) is 42.7 Å². The van der Waals surface area contributed by atoms with Crippen LogP contribution in [0.4, 0.5) is 15.8 Å². The molecule has 2 amide bonds. The molecule has 1 aliphatic rings. The number of rotatable bonds is 5. The summed E-state index contributed by atoms with van der Waals surface area (Å²) in [5.41, 5.74) is 2.03. The summed E-state index contributed by atoms with van der Waals surface area (Å²) in [6, 6.07) is 11.1. The SMILES string of the molecule is COc1cc(NC(=O)Cc2ccc(F)cc2)ccc1N1CCCCC1=O. The molecule has 3 rings (SSSR count). The maximum atomic E-state index is 12.9. The molecule has 136 valence electrons. The quantitative estimate of drug-likeness (QED) is 0.892. The normalized spacial score (nSPS) is 14.2. The van der Waals surface area contributed by atoms with Crippen LogP contribution in [-0.4, -0.2) is 25.5 Å². The average molecular weight is 356 g/mol. The van der Waals surface area contributed by atoms with E-state index in [1.165, 1.54) is 19.2 Å². The minimum atomic E-state index is -0.332. The zero-order valence-corrected chi connectivity index (χ0v) is 14.6. The summed E-state index contributed by atoms with van der Waals surface area (Å²) in [6.45, 7) is 0.672. The predicted octanol–water partition coefficient (Wildman–Crippen LogP) is 3.53. The highest BCUT2D eigenvalue weighted by Crippen LogP contribution is 2.33. The summed E-state index contributed by atoms with van der Waals surface area (Å²) < 4.78 is 18.3. The van der Waals surface area contributed by atoms with Crippen molar-refractivity contribution in [3.8, 4) is 5.75 Å². The maximum absolute atomic E-state index is 12.9. The summed E-state index contributed by atoms with van der Waals surface area (Å²) in [4.78, 5) is 26.1. The highest BCUT2D eigenvalue weighted by Gasteiger charge is 2.22. The fourth-order valence-corrected chi connectivity index (χ4v) is 3.03. The summed E-state index contributed by atoms with van der Waals surface area (Å²) in [6.07, 6.45) is 2.56. The van der Waals surface area contributed by atoms with Crippen LogP contribution >= 0.6 is 0 Å². The number of halogens is 1. The number of carbonyl (C=O) groups excluding carboxylic acids is 2. The number of amides is 2. The number of hydrogen-bond donors (Lipinski definition) is 1. The fraction of sp³-hybridized carbons (Fsp3) is 0.300. The fourth-order valence-electron chi connectivity index (χ4n) is 3.03. The van der Waals surface area contributed by atoms with Crippen molar-refractivity contribution in [3.05, 3.63) is 53.8 Å². The van der Waals surface area contributed by atoms with Crippen LogP contribution < -0.4 is 15.0 Å². The Morgan fingerprint density at radius 1 is 1.19 bits per heavy atom. The van der Waals surface area contributed by atoms with Crippen molar-refractivity contribution in [2.24, 2.45) is 0 Å². The van der Waals surface area contributed by atoms with Crippen LogP contribution in [0.3, 0.4) is 0 Å². The zero-order valence-electron chi connectivity index (χ0n) is 14.6. The number of nitrogens with zero attached hydrogens (tertiary/aromatic N) is 1. The highest BCUT2D eigenvalue weighted by atomic mass is 19.1. The van der Waals surface area contributed by atoms with E-state index in [2.05, 4.69) is 5.32 Å². The van der Waals surface area contributed by atoms with Crippen LogP contribution in [0.1, 0.15) is 24.8 Å². The molecule has 1 N–H and O–H groups in total. The number of carbonyl (C=O) groups is 2. The Bertz CT molecular complexity index is 805. The average Bonchev–Trinajstić information content (AvgIpc) is 2.64. The Hall–Kier alpha value is -2.89. The first-order valence-corrected chi connectivity index (χ1v) is 8.59. The molecule has 2 aromatic rings. The van der Waals surface area contributed by atoms with Crippen molar-refractivity contribution in [2.75, 3.05) is 23.9 Å². The number of anilines is 2. The van der Waals surface area contributed by atoms with Crippen molar-refractivity contribution in [3.63, 3.8) is 0 Å². The van der Waals surface area contributed by atoms with Crippen LogP contribution in [0.2, 0.25) is 0 Å². The van der Waals surface area contributed by atoms with Crippen molar-refractivity contribution in [1.29, 1.82) is 0 Å². The van der Waals surface area contributed by atoms with E-state index in [1.54, 1.807) is 35.2 Å². The van der Waals surface area contributed by atoms with Gasteiger partial charge in [-0.2, -0.15) is 0 Å². The molecule has 1 fully saturated rings. The van der Waals surface area contributed by atoms with Crippen LogP contribution in [-0.2, 0) is 16.0 Å². The third kappa shape index (κ3) is 4.20. The van der Waals surface area contributed by atoms with E-state index in [-0.39, 0.29) is 24.1 Å². The maximum Gasteiger partial charge on any atom is 0.228 e. The molecule has 1 heterocycles. The number of methoxy groups -OCH3 is 1. The molecule has 0 atom stereocenters. The Morgan fingerprint density at radius 3 is 2.65 bits per heavy atom. The van der Waals surface area contributed by atoms with Gasteiger partial charge in [-0.25, -0.2) is 4.39 Å². The first-order chi connectivity index (χ1) is 12.6. The largest absolute Gasteiger partial charge is 0.494 e. The van der Waals surface area contributed by atoms with Gasteiger partial charge in [0.15, 0.2) is 0 Å². The lowest BCUT2D eigenvalue weighted by atomic mass is 10.1. The Morgan fingerprint density at radius 2 is 1.96 bits per heavy atom. The molecule has 0 unspecified atom stereocenters. The Balaban J connectivity index is 1.71. The van der Waals surface area contributed by atoms with Crippen LogP contribution in [0.25, 0.3) is 0 Å². The van der Waals surface area contributed by atoms with Gasteiger partial charge in [-0.3, -0.25) is 9.59 Å². The summed E-state index contributed by atoms with van der Waals surface area (Å²) in [5, 5.41) is 2.80. The minimum absolute atomic E-state index is 0.0858. The first-order valence-electron chi connectivity index (χ1n) is 8.59. The second-order valence-electron chi connectivity index (χ2n) is 6.24. The zero-order chi connectivity index (χ0) is 18.5. The van der Waals surface area contributed by atoms with Gasteiger partial charge in [0.25, 0.3) is 0 Å². The first kappa shape index (κ1) is 17.9. The van der Waals surface area contributed by atoms with Gasteiger partial charge in [0, 0.05) is 24.7 Å². The lowest BCUT2D eigenvalue weighted by Crippen LogP contribution is -2.35. The summed E-state index contributed by atoms with van der Waals surface area (Å²) in [7, 11) is 1.54. The third-order valence-corrected chi connectivity index (χ3v) is 4.36. The van der Waals surface area contributed by atoms with Gasteiger partial charge in [0.1, 0.15) is 11.6 Å². The van der Waals surface area contributed by atoms with E-state index in [0.717, 1.165) is 18.4 Å². The lowest BCUT2D eigenvalue weighted by molar-refractivity contribution is -0.119. The molecule has 0 radical (unpaired) electrons. The summed E-state index contributed by atoms with van der Waals surface area (Å²) >= 11 is 0. The molecule has 0 spiro atoms. The van der Waals surface area contributed by atoms with Gasteiger partial charge >= 0.3 is 0 Å². The molecule has 0 saturated carbocycles. The molecule has 2 aromatic carbocycles. The van der Waals surface area contributed by atoms with Crippen LogP contribution in [0.15, 0.2) is 42.5 Å². The molecule has 6 heteroatoms. The van der Waals surface area contributed by atoms with Gasteiger partial charge in [-0.15, -0.1) is 0 Å². The molecule has 26 heavy (non-hydrogen) atoms. The third-order valence-electron chi connectivity index (χ3n) is 4.36. The Kier molecular flexibility index (Phi) is 5.51. The molecule has 0 aliphatic carbocycles. The van der Waals surface area contributed by atoms with E-state index in [0.29, 0.717) is 30.1 Å². The molecule has 0 bridgehead atoms. The smallest absolute Gasteiger partial charge is 0.228 e. The molecule has 1 aliphatic heterocycles. The lowest BCUT2D eigenvalue weighted by Gasteiger charge is -2.28. The molecular formula is C20H21FN2O3. The van der Waals surface area contributed by atoms with Gasteiger partial charge < -0.3 is 15.0 Å². The van der Waals surface area contributed by atoms with Crippen molar-refractivity contribution in [2.45, 2.75) is 25.7 Å².